The van der Waals surface area contributed by atoms with E-state index in [1.807, 2.05) is 6.92 Å². The Bertz CT molecular complexity index is 494. The maximum absolute atomic E-state index is 13.6. The van der Waals surface area contributed by atoms with Crippen LogP contribution < -0.4 is 11.1 Å². The highest BCUT2D eigenvalue weighted by atomic mass is 19.1. The van der Waals surface area contributed by atoms with Gasteiger partial charge in [0.05, 0.1) is 5.69 Å². The number of carbonyl (C=O) groups is 1. The third kappa shape index (κ3) is 2.98. The number of rotatable bonds is 4. The smallest absolute Gasteiger partial charge is 0.257 e. The van der Waals surface area contributed by atoms with E-state index >= 15 is 0 Å². The van der Waals surface area contributed by atoms with Crippen molar-refractivity contribution in [1.82, 2.24) is 5.32 Å². The molecule has 0 heterocycles. The van der Waals surface area contributed by atoms with E-state index < -0.39 is 23.1 Å². The van der Waals surface area contributed by atoms with E-state index in [-0.39, 0.29) is 11.7 Å². The molecule has 3 N–H and O–H groups in total. The normalized spacial score (nSPS) is 11.7. The number of halogens is 2. The number of nitrogens with one attached hydrogen (secondary N) is 1. The number of benzene rings is 1. The molecule has 0 aliphatic rings. The van der Waals surface area contributed by atoms with E-state index in [1.54, 1.807) is 0 Å². The van der Waals surface area contributed by atoms with Gasteiger partial charge in [0.2, 0.25) is 0 Å². The van der Waals surface area contributed by atoms with E-state index in [2.05, 4.69) is 11.2 Å². The van der Waals surface area contributed by atoms with Gasteiger partial charge in [-0.25, -0.2) is 8.78 Å². The average Bonchev–Trinajstić information content (AvgIpc) is 2.34. The largest absolute Gasteiger partial charge is 0.396 e. The SMILES string of the molecule is C#CCC(CC)NC(=O)c1c(F)ccc(N)c1F. The van der Waals surface area contributed by atoms with Crippen LogP contribution in [0.5, 0.6) is 0 Å². The van der Waals surface area contributed by atoms with Gasteiger partial charge >= 0.3 is 0 Å². The molecule has 0 aliphatic heterocycles. The van der Waals surface area contributed by atoms with Gasteiger partial charge in [0.15, 0.2) is 5.82 Å². The molecule has 0 spiro atoms. The van der Waals surface area contributed by atoms with E-state index in [1.165, 1.54) is 0 Å². The first kappa shape index (κ1) is 14.0. The van der Waals surface area contributed by atoms with Gasteiger partial charge in [-0.15, -0.1) is 12.3 Å². The van der Waals surface area contributed by atoms with Crippen molar-refractivity contribution in [3.63, 3.8) is 0 Å². The van der Waals surface area contributed by atoms with Gasteiger partial charge in [0, 0.05) is 12.5 Å². The molecule has 0 fully saturated rings. The minimum absolute atomic E-state index is 0.272. The number of hydrogen-bond donors (Lipinski definition) is 2. The fourth-order valence-corrected chi connectivity index (χ4v) is 1.47. The molecule has 1 aromatic rings. The van der Waals surface area contributed by atoms with Crippen molar-refractivity contribution in [1.29, 1.82) is 0 Å². The van der Waals surface area contributed by atoms with Crippen LogP contribution in [0.3, 0.4) is 0 Å². The third-order valence-electron chi connectivity index (χ3n) is 2.54. The van der Waals surface area contributed by atoms with Crippen molar-refractivity contribution in [3.05, 3.63) is 29.3 Å². The zero-order valence-corrected chi connectivity index (χ0v) is 9.97. The van der Waals surface area contributed by atoms with Crippen molar-refractivity contribution in [2.45, 2.75) is 25.8 Å². The fraction of sp³-hybridized carbons (Fsp3) is 0.308. The fourth-order valence-electron chi connectivity index (χ4n) is 1.47. The van der Waals surface area contributed by atoms with Crippen LogP contribution in [-0.4, -0.2) is 11.9 Å². The van der Waals surface area contributed by atoms with Gasteiger partial charge in [-0.05, 0) is 18.6 Å². The van der Waals surface area contributed by atoms with Gasteiger partial charge in [0.25, 0.3) is 5.91 Å². The van der Waals surface area contributed by atoms with Gasteiger partial charge in [-0.1, -0.05) is 6.92 Å². The summed E-state index contributed by atoms with van der Waals surface area (Å²) in [6.07, 6.45) is 6.00. The molecule has 3 nitrogen and oxygen atoms in total. The van der Waals surface area contributed by atoms with Crippen LogP contribution in [0.1, 0.15) is 30.1 Å². The lowest BCUT2D eigenvalue weighted by Crippen LogP contribution is -2.35. The Morgan fingerprint density at radius 2 is 2.22 bits per heavy atom. The van der Waals surface area contributed by atoms with Gasteiger partial charge in [-0.2, -0.15) is 0 Å². The zero-order valence-electron chi connectivity index (χ0n) is 9.97. The second-order valence-electron chi connectivity index (χ2n) is 3.81. The first-order valence-electron chi connectivity index (χ1n) is 5.49. The Labute approximate surface area is 104 Å². The Hall–Kier alpha value is -2.09. The molecular formula is C13H14F2N2O. The Morgan fingerprint density at radius 1 is 1.56 bits per heavy atom. The topological polar surface area (TPSA) is 55.1 Å². The molecule has 96 valence electrons. The lowest BCUT2D eigenvalue weighted by molar-refractivity contribution is 0.0928. The number of amides is 1. The van der Waals surface area contributed by atoms with Crippen LogP contribution >= 0.6 is 0 Å². The summed E-state index contributed by atoms with van der Waals surface area (Å²) in [4.78, 5) is 11.8. The second-order valence-corrected chi connectivity index (χ2v) is 3.81. The Balaban J connectivity index is 2.98. The van der Waals surface area contributed by atoms with Crippen molar-refractivity contribution in [3.8, 4) is 12.3 Å². The van der Waals surface area contributed by atoms with E-state index in [0.717, 1.165) is 12.1 Å². The molecule has 1 aromatic carbocycles. The summed E-state index contributed by atoms with van der Waals surface area (Å²) in [5.41, 5.74) is 4.35. The maximum Gasteiger partial charge on any atom is 0.257 e. The summed E-state index contributed by atoms with van der Waals surface area (Å²) in [6, 6.07) is 1.71. The summed E-state index contributed by atoms with van der Waals surface area (Å²) >= 11 is 0. The summed E-state index contributed by atoms with van der Waals surface area (Å²) in [5, 5.41) is 2.48. The number of terminal acetylenes is 1. The number of nitrogen functional groups attached to an aromatic ring is 1. The molecule has 1 amide bonds. The Kier molecular flexibility index (Phi) is 4.67. The molecule has 0 bridgehead atoms. The summed E-state index contributed by atoms with van der Waals surface area (Å²) in [5.74, 6) is -0.461. The first-order valence-corrected chi connectivity index (χ1v) is 5.49. The molecule has 0 saturated carbocycles. The minimum Gasteiger partial charge on any atom is -0.396 e. The van der Waals surface area contributed by atoms with E-state index in [0.29, 0.717) is 12.8 Å². The van der Waals surface area contributed by atoms with Crippen LogP contribution in [0.25, 0.3) is 0 Å². The minimum atomic E-state index is -1.05. The lowest BCUT2D eigenvalue weighted by Gasteiger charge is -2.15. The van der Waals surface area contributed by atoms with Gasteiger partial charge < -0.3 is 11.1 Å². The highest BCUT2D eigenvalue weighted by Gasteiger charge is 2.21. The third-order valence-corrected chi connectivity index (χ3v) is 2.54. The number of hydrogen-bond acceptors (Lipinski definition) is 2. The zero-order chi connectivity index (χ0) is 13.7. The molecule has 18 heavy (non-hydrogen) atoms. The number of carbonyl (C=O) groups excluding carboxylic acids is 1. The van der Waals surface area contributed by atoms with Crippen molar-refractivity contribution in [2.24, 2.45) is 0 Å². The first-order chi connectivity index (χ1) is 8.51. The van der Waals surface area contributed by atoms with Crippen molar-refractivity contribution < 1.29 is 13.6 Å². The molecule has 1 rings (SSSR count). The van der Waals surface area contributed by atoms with Gasteiger partial charge in [-0.3, -0.25) is 4.79 Å². The molecule has 0 aliphatic carbocycles. The second kappa shape index (κ2) is 6.01. The van der Waals surface area contributed by atoms with Crippen molar-refractivity contribution in [2.75, 3.05) is 5.73 Å². The summed E-state index contributed by atoms with van der Waals surface area (Å²) in [7, 11) is 0. The highest BCUT2D eigenvalue weighted by molar-refractivity contribution is 5.95. The van der Waals surface area contributed by atoms with Crippen LogP contribution in [0.4, 0.5) is 14.5 Å². The molecule has 0 radical (unpaired) electrons. The predicted octanol–water partition coefficient (Wildman–Crippen LogP) is 2.08. The predicted molar refractivity (Wildman–Crippen MR) is 65.8 cm³/mol. The summed E-state index contributed by atoms with van der Waals surface area (Å²) in [6.45, 7) is 1.81. The molecule has 0 saturated heterocycles. The van der Waals surface area contributed by atoms with Crippen molar-refractivity contribution >= 4 is 11.6 Å². The average molecular weight is 252 g/mol. The van der Waals surface area contributed by atoms with E-state index in [4.69, 9.17) is 12.2 Å². The summed E-state index contributed by atoms with van der Waals surface area (Å²) < 4.78 is 27.0. The maximum atomic E-state index is 13.6. The van der Waals surface area contributed by atoms with Crippen LogP contribution in [0.15, 0.2) is 12.1 Å². The number of nitrogens with two attached hydrogens (primary N) is 1. The standard InChI is InChI=1S/C13H14F2N2O/c1-3-5-8(4-2)17-13(18)11-9(14)6-7-10(16)12(11)15/h1,6-8H,4-5,16H2,2H3,(H,17,18). The molecule has 1 unspecified atom stereocenters. The molecule has 5 heteroatoms. The molecule has 0 aromatic heterocycles. The monoisotopic (exact) mass is 252 g/mol. The van der Waals surface area contributed by atoms with E-state index in [9.17, 15) is 13.6 Å². The van der Waals surface area contributed by atoms with Gasteiger partial charge in [0.1, 0.15) is 11.4 Å². The van der Waals surface area contributed by atoms with Crippen LogP contribution in [-0.2, 0) is 0 Å². The lowest BCUT2D eigenvalue weighted by atomic mass is 10.1. The number of anilines is 1. The van der Waals surface area contributed by atoms with Crippen LogP contribution in [0, 0.1) is 24.0 Å². The van der Waals surface area contributed by atoms with Crippen LogP contribution in [0.2, 0.25) is 0 Å². The Morgan fingerprint density at radius 3 is 2.78 bits per heavy atom. The molecular weight excluding hydrogens is 238 g/mol. The highest BCUT2D eigenvalue weighted by Crippen LogP contribution is 2.18. The quantitative estimate of drug-likeness (QED) is 0.636. The molecule has 1 atom stereocenters.